The molecule has 0 N–H and O–H groups in total. The summed E-state index contributed by atoms with van der Waals surface area (Å²) in [7, 11) is 3.19. The predicted octanol–water partition coefficient (Wildman–Crippen LogP) is 3.82. The molecule has 102 valence electrons. The molecule has 0 spiro atoms. The first-order chi connectivity index (χ1) is 9.76. The van der Waals surface area contributed by atoms with Gasteiger partial charge >= 0.3 is 0 Å². The van der Waals surface area contributed by atoms with Gasteiger partial charge in [-0.25, -0.2) is 0 Å². The second kappa shape index (κ2) is 4.89. The fourth-order valence-corrected chi connectivity index (χ4v) is 2.35. The first kappa shape index (κ1) is 12.5. The molecule has 0 aliphatic carbocycles. The second-order valence-corrected chi connectivity index (χ2v) is 4.52. The fraction of sp³-hybridized carbons (Fsp3) is 0.188. The van der Waals surface area contributed by atoms with Gasteiger partial charge in [0, 0.05) is 5.56 Å². The van der Waals surface area contributed by atoms with Gasteiger partial charge in [0.25, 0.3) is 0 Å². The molecule has 4 nitrogen and oxygen atoms in total. The summed E-state index contributed by atoms with van der Waals surface area (Å²) in [6, 6.07) is 11.9. The summed E-state index contributed by atoms with van der Waals surface area (Å²) in [5, 5.41) is 5.11. The van der Waals surface area contributed by atoms with E-state index in [-0.39, 0.29) is 0 Å². The topological polar surface area (TPSA) is 44.5 Å². The average molecular weight is 269 g/mol. The molecule has 0 amide bonds. The number of rotatable bonds is 3. The maximum absolute atomic E-state index is 5.47. The van der Waals surface area contributed by atoms with Crippen molar-refractivity contribution in [3.8, 4) is 22.8 Å². The van der Waals surface area contributed by atoms with Crippen LogP contribution in [0, 0.1) is 6.92 Å². The molecule has 4 heteroatoms. The summed E-state index contributed by atoms with van der Waals surface area (Å²) in [6.45, 7) is 2.05. The lowest BCUT2D eigenvalue weighted by atomic mass is 10.0. The van der Waals surface area contributed by atoms with E-state index < -0.39 is 0 Å². The molecule has 20 heavy (non-hydrogen) atoms. The van der Waals surface area contributed by atoms with Crippen molar-refractivity contribution in [2.75, 3.05) is 14.2 Å². The third-order valence-electron chi connectivity index (χ3n) is 3.38. The minimum atomic E-state index is 0.567. The van der Waals surface area contributed by atoms with Crippen molar-refractivity contribution in [3.05, 3.63) is 42.0 Å². The summed E-state index contributed by atoms with van der Waals surface area (Å²) in [6.07, 6.45) is 0. The smallest absolute Gasteiger partial charge is 0.213 e. The van der Waals surface area contributed by atoms with Gasteiger partial charge in [0.05, 0.1) is 19.6 Å². The Labute approximate surface area is 116 Å². The quantitative estimate of drug-likeness (QED) is 0.725. The second-order valence-electron chi connectivity index (χ2n) is 4.52. The zero-order chi connectivity index (χ0) is 14.1. The Kier molecular flexibility index (Phi) is 3.06. The van der Waals surface area contributed by atoms with Crippen molar-refractivity contribution in [2.24, 2.45) is 0 Å². The van der Waals surface area contributed by atoms with E-state index in [0.29, 0.717) is 17.1 Å². The minimum Gasteiger partial charge on any atom is -0.493 e. The number of hydrogen-bond acceptors (Lipinski definition) is 4. The van der Waals surface area contributed by atoms with Crippen LogP contribution >= 0.6 is 0 Å². The van der Waals surface area contributed by atoms with Crippen LogP contribution in [0.15, 0.2) is 40.9 Å². The molecular weight excluding hydrogens is 254 g/mol. The van der Waals surface area contributed by atoms with Crippen molar-refractivity contribution in [1.82, 2.24) is 5.16 Å². The SMILES string of the molecule is COc1ccc2c(-c3ccccc3C)noc2c1OC. The predicted molar refractivity (Wildman–Crippen MR) is 77.3 cm³/mol. The Morgan fingerprint density at radius 3 is 2.50 bits per heavy atom. The van der Waals surface area contributed by atoms with Gasteiger partial charge in [-0.1, -0.05) is 29.4 Å². The van der Waals surface area contributed by atoms with Gasteiger partial charge in [0.1, 0.15) is 5.69 Å². The summed E-state index contributed by atoms with van der Waals surface area (Å²) >= 11 is 0. The number of hydrogen-bond donors (Lipinski definition) is 0. The number of fused-ring (bicyclic) bond motifs is 1. The van der Waals surface area contributed by atoms with E-state index in [9.17, 15) is 0 Å². The van der Waals surface area contributed by atoms with Crippen molar-refractivity contribution >= 4 is 11.0 Å². The molecular formula is C16H15NO3. The zero-order valence-electron chi connectivity index (χ0n) is 11.6. The molecule has 1 heterocycles. The lowest BCUT2D eigenvalue weighted by Gasteiger charge is -2.07. The first-order valence-corrected chi connectivity index (χ1v) is 6.32. The van der Waals surface area contributed by atoms with Gasteiger partial charge in [0.15, 0.2) is 5.75 Å². The van der Waals surface area contributed by atoms with Crippen molar-refractivity contribution < 1.29 is 14.0 Å². The van der Waals surface area contributed by atoms with Crippen LogP contribution < -0.4 is 9.47 Å². The van der Waals surface area contributed by atoms with E-state index in [1.807, 2.05) is 30.3 Å². The number of aryl methyl sites for hydroxylation is 1. The van der Waals surface area contributed by atoms with Crippen LogP contribution in [-0.2, 0) is 0 Å². The molecule has 0 atom stereocenters. The molecule has 2 aromatic carbocycles. The fourth-order valence-electron chi connectivity index (χ4n) is 2.35. The Hall–Kier alpha value is -2.49. The Balaban J connectivity index is 2.28. The molecule has 0 saturated carbocycles. The third kappa shape index (κ3) is 1.81. The normalized spacial score (nSPS) is 10.8. The van der Waals surface area contributed by atoms with Gasteiger partial charge in [-0.3, -0.25) is 0 Å². The largest absolute Gasteiger partial charge is 0.493 e. The van der Waals surface area contributed by atoms with E-state index >= 15 is 0 Å². The molecule has 1 aromatic heterocycles. The summed E-state index contributed by atoms with van der Waals surface area (Å²) in [5.41, 5.74) is 3.63. The van der Waals surface area contributed by atoms with E-state index in [1.54, 1.807) is 14.2 Å². The molecule has 0 aliphatic rings. The lowest BCUT2D eigenvalue weighted by molar-refractivity contribution is 0.348. The van der Waals surface area contributed by atoms with Crippen LogP contribution in [0.4, 0.5) is 0 Å². The van der Waals surface area contributed by atoms with Crippen molar-refractivity contribution in [3.63, 3.8) is 0 Å². The van der Waals surface area contributed by atoms with Gasteiger partial charge in [0.2, 0.25) is 11.3 Å². The summed E-state index contributed by atoms with van der Waals surface area (Å²) in [5.74, 6) is 1.20. The molecule has 0 aliphatic heterocycles. The van der Waals surface area contributed by atoms with Gasteiger partial charge in [-0.2, -0.15) is 0 Å². The number of aromatic nitrogens is 1. The molecule has 3 aromatic rings. The highest BCUT2D eigenvalue weighted by molar-refractivity contribution is 5.96. The Bertz CT molecular complexity index is 762. The highest BCUT2D eigenvalue weighted by Crippen LogP contribution is 2.39. The van der Waals surface area contributed by atoms with Crippen LogP contribution in [0.2, 0.25) is 0 Å². The van der Waals surface area contributed by atoms with E-state index in [1.165, 1.54) is 0 Å². The molecule has 3 rings (SSSR count). The number of benzene rings is 2. The Morgan fingerprint density at radius 1 is 1.00 bits per heavy atom. The van der Waals surface area contributed by atoms with Crippen molar-refractivity contribution in [1.29, 1.82) is 0 Å². The lowest BCUT2D eigenvalue weighted by Crippen LogP contribution is -1.90. The third-order valence-corrected chi connectivity index (χ3v) is 3.38. The van der Waals surface area contributed by atoms with Gasteiger partial charge < -0.3 is 14.0 Å². The first-order valence-electron chi connectivity index (χ1n) is 6.32. The van der Waals surface area contributed by atoms with E-state index in [4.69, 9.17) is 14.0 Å². The molecule has 0 fully saturated rings. The highest BCUT2D eigenvalue weighted by Gasteiger charge is 2.18. The monoisotopic (exact) mass is 269 g/mol. The van der Waals surface area contributed by atoms with Crippen LogP contribution in [0.25, 0.3) is 22.2 Å². The summed E-state index contributed by atoms with van der Waals surface area (Å²) in [4.78, 5) is 0. The zero-order valence-corrected chi connectivity index (χ0v) is 11.6. The minimum absolute atomic E-state index is 0.567. The molecule has 0 bridgehead atoms. The average Bonchev–Trinajstić information content (AvgIpc) is 2.90. The van der Waals surface area contributed by atoms with Crippen LogP contribution in [0.3, 0.4) is 0 Å². The molecule has 0 radical (unpaired) electrons. The maximum Gasteiger partial charge on any atom is 0.213 e. The number of ether oxygens (including phenoxy) is 2. The van der Waals surface area contributed by atoms with Crippen molar-refractivity contribution in [2.45, 2.75) is 6.92 Å². The molecule has 0 unspecified atom stereocenters. The van der Waals surface area contributed by atoms with Gasteiger partial charge in [-0.05, 0) is 24.6 Å². The number of methoxy groups -OCH3 is 2. The van der Waals surface area contributed by atoms with E-state index in [0.717, 1.165) is 22.2 Å². The van der Waals surface area contributed by atoms with E-state index in [2.05, 4.69) is 18.1 Å². The maximum atomic E-state index is 5.47. The summed E-state index contributed by atoms with van der Waals surface area (Å²) < 4.78 is 16.1. The van der Waals surface area contributed by atoms with Gasteiger partial charge in [-0.15, -0.1) is 0 Å². The molecule has 0 saturated heterocycles. The standard InChI is InChI=1S/C16H15NO3/c1-10-6-4-5-7-11(10)14-12-8-9-13(18-2)16(19-3)15(12)20-17-14/h4-9H,1-3H3. The van der Waals surface area contributed by atoms with Crippen LogP contribution in [0.1, 0.15) is 5.56 Å². The Morgan fingerprint density at radius 2 is 1.80 bits per heavy atom. The van der Waals surface area contributed by atoms with Crippen LogP contribution in [-0.4, -0.2) is 19.4 Å². The van der Waals surface area contributed by atoms with Crippen LogP contribution in [0.5, 0.6) is 11.5 Å². The highest BCUT2D eigenvalue weighted by atomic mass is 16.5. The number of nitrogens with zero attached hydrogens (tertiary/aromatic N) is 1.